The third kappa shape index (κ3) is 5.84. The van der Waals surface area contributed by atoms with Gasteiger partial charge in [0.05, 0.1) is 6.61 Å². The zero-order chi connectivity index (χ0) is 16.5. The molecular weight excluding hydrogens is 288 g/mol. The van der Waals surface area contributed by atoms with E-state index in [1.807, 2.05) is 43.3 Å². The highest BCUT2D eigenvalue weighted by atomic mass is 16.5. The van der Waals surface area contributed by atoms with Gasteiger partial charge in [0.2, 0.25) is 11.8 Å². The Kier molecular flexibility index (Phi) is 6.19. The molecule has 0 saturated heterocycles. The van der Waals surface area contributed by atoms with Crippen LogP contribution in [-0.4, -0.2) is 24.0 Å². The van der Waals surface area contributed by atoms with Crippen molar-refractivity contribution in [3.8, 4) is 17.7 Å². The highest BCUT2D eigenvalue weighted by Gasteiger charge is 1.96. The summed E-state index contributed by atoms with van der Waals surface area (Å²) in [4.78, 5) is 15.0. The van der Waals surface area contributed by atoms with E-state index in [4.69, 9.17) is 4.74 Å². The minimum atomic E-state index is -0.00329. The molecule has 1 aromatic heterocycles. The third-order valence-electron chi connectivity index (χ3n) is 3.12. The fraction of sp³-hybridized carbons (Fsp3) is 0.263. The van der Waals surface area contributed by atoms with E-state index in [9.17, 15) is 4.79 Å². The van der Waals surface area contributed by atoms with Crippen molar-refractivity contribution in [1.82, 2.24) is 10.3 Å². The van der Waals surface area contributed by atoms with Gasteiger partial charge in [-0.2, -0.15) is 0 Å². The number of hydrogen-bond donors (Lipinski definition) is 1. The number of carbonyl (C=O) groups is 1. The van der Waals surface area contributed by atoms with Crippen LogP contribution in [0.2, 0.25) is 0 Å². The number of rotatable bonds is 5. The van der Waals surface area contributed by atoms with Gasteiger partial charge in [-0.1, -0.05) is 24.0 Å². The second-order valence-electron chi connectivity index (χ2n) is 5.00. The molecule has 1 amide bonds. The number of nitrogens with zero attached hydrogens (tertiary/aromatic N) is 1. The lowest BCUT2D eigenvalue weighted by Gasteiger charge is -2.02. The summed E-state index contributed by atoms with van der Waals surface area (Å²) < 4.78 is 5.30. The van der Waals surface area contributed by atoms with Crippen molar-refractivity contribution in [3.05, 3.63) is 59.3 Å². The molecule has 0 unspecified atom stereocenters. The van der Waals surface area contributed by atoms with Crippen molar-refractivity contribution in [2.24, 2.45) is 0 Å². The van der Waals surface area contributed by atoms with Crippen LogP contribution in [0.4, 0.5) is 0 Å². The van der Waals surface area contributed by atoms with Gasteiger partial charge in [0.15, 0.2) is 0 Å². The molecular formula is C19H20N2O2. The molecule has 118 valence electrons. The first-order chi connectivity index (χ1) is 11.2. The van der Waals surface area contributed by atoms with Crippen molar-refractivity contribution in [3.63, 3.8) is 0 Å². The number of ether oxygens (including phenoxy) is 1. The minimum Gasteiger partial charge on any atom is -0.478 e. The van der Waals surface area contributed by atoms with Gasteiger partial charge < -0.3 is 10.1 Å². The van der Waals surface area contributed by atoms with Crippen LogP contribution in [0.25, 0.3) is 0 Å². The Morgan fingerprint density at radius 3 is 2.43 bits per heavy atom. The fourth-order valence-corrected chi connectivity index (χ4v) is 1.97. The lowest BCUT2D eigenvalue weighted by Crippen LogP contribution is -2.22. The molecule has 0 spiro atoms. The summed E-state index contributed by atoms with van der Waals surface area (Å²) in [5.74, 6) is 6.81. The maximum atomic E-state index is 10.8. The van der Waals surface area contributed by atoms with Gasteiger partial charge in [-0.05, 0) is 37.1 Å². The molecule has 0 saturated carbocycles. The Labute approximate surface area is 136 Å². The highest BCUT2D eigenvalue weighted by molar-refractivity contribution is 5.72. The van der Waals surface area contributed by atoms with Crippen LogP contribution in [0.1, 0.15) is 30.5 Å². The van der Waals surface area contributed by atoms with Crippen LogP contribution >= 0.6 is 0 Å². The largest absolute Gasteiger partial charge is 0.478 e. The summed E-state index contributed by atoms with van der Waals surface area (Å²) in [6.07, 6.45) is 2.52. The summed E-state index contributed by atoms with van der Waals surface area (Å²) in [5.41, 5.74) is 2.97. The molecule has 4 heteroatoms. The molecule has 23 heavy (non-hydrogen) atoms. The van der Waals surface area contributed by atoms with Crippen LogP contribution in [0.3, 0.4) is 0 Å². The molecule has 2 rings (SSSR count). The van der Waals surface area contributed by atoms with E-state index in [2.05, 4.69) is 22.1 Å². The van der Waals surface area contributed by atoms with E-state index in [1.54, 1.807) is 6.20 Å². The van der Waals surface area contributed by atoms with Crippen molar-refractivity contribution in [1.29, 1.82) is 0 Å². The van der Waals surface area contributed by atoms with E-state index in [-0.39, 0.29) is 5.91 Å². The van der Waals surface area contributed by atoms with E-state index in [0.29, 0.717) is 19.0 Å². The quantitative estimate of drug-likeness (QED) is 0.864. The number of amides is 1. The van der Waals surface area contributed by atoms with Gasteiger partial charge in [-0.15, -0.1) is 0 Å². The molecule has 4 nitrogen and oxygen atoms in total. The van der Waals surface area contributed by atoms with Crippen molar-refractivity contribution in [2.45, 2.75) is 20.3 Å². The van der Waals surface area contributed by atoms with Crippen LogP contribution in [0.5, 0.6) is 5.88 Å². The van der Waals surface area contributed by atoms with Gasteiger partial charge in [0.25, 0.3) is 0 Å². The number of pyridine rings is 1. The average molecular weight is 308 g/mol. The predicted octanol–water partition coefficient (Wildman–Crippen LogP) is 2.56. The summed E-state index contributed by atoms with van der Waals surface area (Å²) in [7, 11) is 0. The van der Waals surface area contributed by atoms with E-state index < -0.39 is 0 Å². The van der Waals surface area contributed by atoms with Gasteiger partial charge >= 0.3 is 0 Å². The minimum absolute atomic E-state index is 0.00329. The van der Waals surface area contributed by atoms with Crippen LogP contribution in [-0.2, 0) is 11.2 Å². The molecule has 0 aliphatic carbocycles. The van der Waals surface area contributed by atoms with Gasteiger partial charge in [-0.3, -0.25) is 4.79 Å². The molecule has 0 fully saturated rings. The normalized spacial score (nSPS) is 9.65. The van der Waals surface area contributed by atoms with Gasteiger partial charge in [-0.25, -0.2) is 4.98 Å². The second kappa shape index (κ2) is 8.60. The SMILES string of the molecule is CCOc1ccc(C#Cc2ccc(CCNC(C)=O)cc2)cn1. The zero-order valence-electron chi connectivity index (χ0n) is 13.4. The lowest BCUT2D eigenvalue weighted by atomic mass is 10.1. The van der Waals surface area contributed by atoms with E-state index >= 15 is 0 Å². The Bertz CT molecular complexity index is 695. The Balaban J connectivity index is 1.94. The number of hydrogen-bond acceptors (Lipinski definition) is 3. The number of nitrogens with one attached hydrogen (secondary N) is 1. The van der Waals surface area contributed by atoms with Crippen LogP contribution in [0, 0.1) is 11.8 Å². The predicted molar refractivity (Wildman–Crippen MR) is 90.2 cm³/mol. The topological polar surface area (TPSA) is 51.2 Å². The Morgan fingerprint density at radius 1 is 1.13 bits per heavy atom. The Morgan fingerprint density at radius 2 is 1.83 bits per heavy atom. The Hall–Kier alpha value is -2.80. The zero-order valence-corrected chi connectivity index (χ0v) is 13.4. The second-order valence-corrected chi connectivity index (χ2v) is 5.00. The smallest absolute Gasteiger partial charge is 0.216 e. The van der Waals surface area contributed by atoms with Gasteiger partial charge in [0, 0.05) is 36.9 Å². The average Bonchev–Trinajstić information content (AvgIpc) is 2.55. The number of benzene rings is 1. The maximum Gasteiger partial charge on any atom is 0.216 e. The monoisotopic (exact) mass is 308 g/mol. The molecule has 2 aromatic rings. The maximum absolute atomic E-state index is 10.8. The van der Waals surface area contributed by atoms with Crippen molar-refractivity contribution in [2.75, 3.05) is 13.2 Å². The fourth-order valence-electron chi connectivity index (χ4n) is 1.97. The van der Waals surface area contributed by atoms with Crippen molar-refractivity contribution < 1.29 is 9.53 Å². The van der Waals surface area contributed by atoms with E-state index in [0.717, 1.165) is 17.5 Å². The summed E-state index contributed by atoms with van der Waals surface area (Å²) in [5, 5.41) is 2.78. The molecule has 1 aromatic carbocycles. The molecule has 0 bridgehead atoms. The van der Waals surface area contributed by atoms with Crippen molar-refractivity contribution >= 4 is 5.91 Å². The van der Waals surface area contributed by atoms with Crippen LogP contribution < -0.4 is 10.1 Å². The molecule has 0 atom stereocenters. The highest BCUT2D eigenvalue weighted by Crippen LogP contribution is 2.07. The summed E-state index contributed by atoms with van der Waals surface area (Å²) >= 11 is 0. The third-order valence-corrected chi connectivity index (χ3v) is 3.12. The van der Waals surface area contributed by atoms with Crippen LogP contribution in [0.15, 0.2) is 42.6 Å². The molecule has 0 aliphatic heterocycles. The number of aromatic nitrogens is 1. The molecule has 1 N–H and O–H groups in total. The first-order valence-electron chi connectivity index (χ1n) is 7.61. The molecule has 0 radical (unpaired) electrons. The first-order valence-corrected chi connectivity index (χ1v) is 7.61. The van der Waals surface area contributed by atoms with E-state index in [1.165, 1.54) is 12.5 Å². The molecule has 0 aliphatic rings. The number of carbonyl (C=O) groups excluding carboxylic acids is 1. The standard InChI is InChI=1S/C19H20N2O2/c1-3-23-19-11-10-18(14-21-19)9-8-16-4-6-17(7-5-16)12-13-20-15(2)22/h4-7,10-11,14H,3,12-13H2,1-2H3,(H,20,22). The molecule has 1 heterocycles. The first kappa shape index (κ1) is 16.6. The lowest BCUT2D eigenvalue weighted by molar-refractivity contribution is -0.118. The summed E-state index contributed by atoms with van der Waals surface area (Å²) in [6.45, 7) is 4.70. The summed E-state index contributed by atoms with van der Waals surface area (Å²) in [6, 6.07) is 11.7. The van der Waals surface area contributed by atoms with Gasteiger partial charge in [0.1, 0.15) is 0 Å².